The number of amides is 1. The molecule has 34 heavy (non-hydrogen) atoms. The molecule has 1 aliphatic rings. The average molecular weight is 476 g/mol. The van der Waals surface area contributed by atoms with Crippen LogP contribution in [0.4, 0.5) is 0 Å². The fourth-order valence-corrected chi connectivity index (χ4v) is 4.31. The van der Waals surface area contributed by atoms with Crippen LogP contribution in [-0.2, 0) is 16.0 Å². The molecule has 1 amide bonds. The Morgan fingerprint density at radius 3 is 2.41 bits per heavy atom. The number of aliphatic hydroxyl groups excluding tert-OH is 1. The molecule has 0 saturated carbocycles. The third-order valence-electron chi connectivity index (χ3n) is 5.79. The van der Waals surface area contributed by atoms with Crippen LogP contribution in [0.25, 0.3) is 5.76 Å². The number of rotatable bonds is 8. The molecular formula is C28H26ClNO4. The quantitative estimate of drug-likeness (QED) is 0.254. The molecule has 1 saturated heterocycles. The molecule has 3 aromatic carbocycles. The van der Waals surface area contributed by atoms with Gasteiger partial charge in [-0.15, -0.1) is 0 Å². The van der Waals surface area contributed by atoms with Crippen LogP contribution in [0.15, 0.2) is 84.4 Å². The first-order valence-corrected chi connectivity index (χ1v) is 11.7. The summed E-state index contributed by atoms with van der Waals surface area (Å²) in [5, 5.41) is 11.7. The number of halogens is 1. The average Bonchev–Trinajstić information content (AvgIpc) is 3.11. The fraction of sp³-hybridized carbons (Fsp3) is 0.214. The van der Waals surface area contributed by atoms with Crippen molar-refractivity contribution in [2.45, 2.75) is 25.8 Å². The predicted molar refractivity (Wildman–Crippen MR) is 133 cm³/mol. The molecule has 174 valence electrons. The third kappa shape index (κ3) is 5.00. The maximum atomic E-state index is 13.2. The highest BCUT2D eigenvalue weighted by Crippen LogP contribution is 2.40. The lowest BCUT2D eigenvalue weighted by atomic mass is 9.95. The van der Waals surface area contributed by atoms with Gasteiger partial charge in [-0.05, 0) is 60.4 Å². The standard InChI is InChI=1S/C28H26ClNO4/c1-2-17-34-23-13-11-20(12-14-23)26(31)24-25(21-9-6-10-22(29)18-21)30(28(33)27(24)32)16-15-19-7-4-3-5-8-19/h3-14,18,25,31H,2,15-17H2,1H3/b26-24+. The first-order chi connectivity index (χ1) is 16.5. The van der Waals surface area contributed by atoms with E-state index < -0.39 is 17.7 Å². The van der Waals surface area contributed by atoms with Crippen molar-refractivity contribution in [2.24, 2.45) is 0 Å². The molecule has 0 bridgehead atoms. The van der Waals surface area contributed by atoms with Crippen LogP contribution in [-0.4, -0.2) is 34.8 Å². The van der Waals surface area contributed by atoms with E-state index in [0.717, 1.165) is 12.0 Å². The number of hydrogen-bond donors (Lipinski definition) is 1. The SMILES string of the molecule is CCCOc1ccc(/C(O)=C2\C(=O)C(=O)N(CCc3ccccc3)C2c2cccc(Cl)c2)cc1. The van der Waals surface area contributed by atoms with E-state index in [-0.39, 0.29) is 11.3 Å². The largest absolute Gasteiger partial charge is 0.507 e. The second kappa shape index (κ2) is 10.6. The van der Waals surface area contributed by atoms with E-state index in [9.17, 15) is 14.7 Å². The lowest BCUT2D eigenvalue weighted by molar-refractivity contribution is -0.139. The second-order valence-corrected chi connectivity index (χ2v) is 8.59. The van der Waals surface area contributed by atoms with Gasteiger partial charge in [0.1, 0.15) is 11.5 Å². The van der Waals surface area contributed by atoms with E-state index in [2.05, 4.69) is 0 Å². The Labute approximate surface area is 204 Å². The zero-order valence-corrected chi connectivity index (χ0v) is 19.7. The van der Waals surface area contributed by atoms with Crippen molar-refractivity contribution in [1.82, 2.24) is 4.90 Å². The van der Waals surface area contributed by atoms with Crippen molar-refractivity contribution in [2.75, 3.05) is 13.2 Å². The van der Waals surface area contributed by atoms with Gasteiger partial charge in [-0.2, -0.15) is 0 Å². The zero-order valence-electron chi connectivity index (χ0n) is 18.9. The minimum Gasteiger partial charge on any atom is -0.507 e. The summed E-state index contributed by atoms with van der Waals surface area (Å²) in [6, 6.07) is 22.9. The number of carbonyl (C=O) groups excluding carboxylic acids is 2. The van der Waals surface area contributed by atoms with Gasteiger partial charge in [-0.3, -0.25) is 9.59 Å². The van der Waals surface area contributed by atoms with Crippen LogP contribution in [0.1, 0.15) is 36.1 Å². The number of nitrogens with zero attached hydrogens (tertiary/aromatic N) is 1. The molecular weight excluding hydrogens is 450 g/mol. The Balaban J connectivity index is 1.73. The smallest absolute Gasteiger partial charge is 0.295 e. The van der Waals surface area contributed by atoms with Crippen molar-refractivity contribution < 1.29 is 19.4 Å². The molecule has 1 aliphatic heterocycles. The van der Waals surface area contributed by atoms with Crippen LogP contribution in [0.2, 0.25) is 5.02 Å². The van der Waals surface area contributed by atoms with Gasteiger partial charge in [0.15, 0.2) is 0 Å². The van der Waals surface area contributed by atoms with Crippen LogP contribution in [0.5, 0.6) is 5.75 Å². The van der Waals surface area contributed by atoms with E-state index in [4.69, 9.17) is 16.3 Å². The van der Waals surface area contributed by atoms with Crippen molar-refractivity contribution in [1.29, 1.82) is 0 Å². The van der Waals surface area contributed by atoms with E-state index in [1.165, 1.54) is 4.90 Å². The highest BCUT2D eigenvalue weighted by molar-refractivity contribution is 6.46. The number of ether oxygens (including phenoxy) is 1. The summed E-state index contributed by atoms with van der Waals surface area (Å²) >= 11 is 6.24. The van der Waals surface area contributed by atoms with Crippen LogP contribution in [0.3, 0.4) is 0 Å². The number of Topliss-reactive ketones (excluding diaryl/α,β-unsaturated/α-hetero) is 1. The lowest BCUT2D eigenvalue weighted by Gasteiger charge is -2.25. The molecule has 6 heteroatoms. The van der Waals surface area contributed by atoms with E-state index in [0.29, 0.717) is 41.5 Å². The number of ketones is 1. The minimum absolute atomic E-state index is 0.0579. The summed E-state index contributed by atoms with van der Waals surface area (Å²) < 4.78 is 5.61. The molecule has 0 aliphatic carbocycles. The van der Waals surface area contributed by atoms with Gasteiger partial charge >= 0.3 is 0 Å². The Morgan fingerprint density at radius 2 is 1.74 bits per heavy atom. The van der Waals surface area contributed by atoms with E-state index >= 15 is 0 Å². The monoisotopic (exact) mass is 475 g/mol. The number of carbonyl (C=O) groups is 2. The van der Waals surface area contributed by atoms with Crippen LogP contribution >= 0.6 is 11.6 Å². The molecule has 1 heterocycles. The molecule has 0 radical (unpaired) electrons. The topological polar surface area (TPSA) is 66.8 Å². The van der Waals surface area contributed by atoms with Gasteiger partial charge in [-0.25, -0.2) is 0 Å². The molecule has 1 atom stereocenters. The molecule has 0 spiro atoms. The van der Waals surface area contributed by atoms with Gasteiger partial charge in [0.25, 0.3) is 11.7 Å². The first kappa shape index (κ1) is 23.6. The molecule has 3 aromatic rings. The summed E-state index contributed by atoms with van der Waals surface area (Å²) in [4.78, 5) is 27.8. The van der Waals surface area contributed by atoms with Crippen molar-refractivity contribution in [3.63, 3.8) is 0 Å². The number of likely N-dealkylation sites (tertiary alicyclic amines) is 1. The zero-order chi connectivity index (χ0) is 24.1. The van der Waals surface area contributed by atoms with Crippen molar-refractivity contribution in [3.8, 4) is 5.75 Å². The molecule has 1 N–H and O–H groups in total. The molecule has 4 rings (SSSR count). The van der Waals surface area contributed by atoms with Crippen molar-refractivity contribution >= 4 is 29.1 Å². The summed E-state index contributed by atoms with van der Waals surface area (Å²) in [6.45, 7) is 2.94. The Bertz CT molecular complexity index is 1200. The minimum atomic E-state index is -0.738. The lowest BCUT2D eigenvalue weighted by Crippen LogP contribution is -2.31. The molecule has 0 aromatic heterocycles. The Hall–Kier alpha value is -3.57. The summed E-state index contributed by atoms with van der Waals surface area (Å²) in [5.74, 6) is -0.882. The first-order valence-electron chi connectivity index (χ1n) is 11.3. The van der Waals surface area contributed by atoms with Crippen LogP contribution < -0.4 is 4.74 Å². The maximum absolute atomic E-state index is 13.2. The number of benzene rings is 3. The van der Waals surface area contributed by atoms with E-state index in [1.807, 2.05) is 43.3 Å². The summed E-state index contributed by atoms with van der Waals surface area (Å²) in [7, 11) is 0. The van der Waals surface area contributed by atoms with Gasteiger partial charge < -0.3 is 14.7 Å². The second-order valence-electron chi connectivity index (χ2n) is 8.16. The summed E-state index contributed by atoms with van der Waals surface area (Å²) in [6.07, 6.45) is 1.46. The number of hydrogen-bond acceptors (Lipinski definition) is 4. The Kier molecular flexibility index (Phi) is 7.33. The van der Waals surface area contributed by atoms with Crippen LogP contribution in [0, 0.1) is 0 Å². The van der Waals surface area contributed by atoms with Gasteiger partial charge in [0, 0.05) is 17.1 Å². The molecule has 1 fully saturated rings. The Morgan fingerprint density at radius 1 is 1.00 bits per heavy atom. The molecule has 5 nitrogen and oxygen atoms in total. The normalized spacial score (nSPS) is 17.2. The molecule has 1 unspecified atom stereocenters. The highest BCUT2D eigenvalue weighted by atomic mass is 35.5. The van der Waals surface area contributed by atoms with Crippen molar-refractivity contribution in [3.05, 3.63) is 106 Å². The summed E-state index contributed by atoms with van der Waals surface area (Å²) in [5.41, 5.74) is 2.22. The maximum Gasteiger partial charge on any atom is 0.295 e. The van der Waals surface area contributed by atoms with Gasteiger partial charge in [-0.1, -0.05) is 61.0 Å². The van der Waals surface area contributed by atoms with Gasteiger partial charge in [0.05, 0.1) is 18.2 Å². The third-order valence-corrected chi connectivity index (χ3v) is 6.02. The van der Waals surface area contributed by atoms with E-state index in [1.54, 1.807) is 42.5 Å². The number of aliphatic hydroxyl groups is 1. The predicted octanol–water partition coefficient (Wildman–Crippen LogP) is 5.79. The highest BCUT2D eigenvalue weighted by Gasteiger charge is 2.45. The van der Waals surface area contributed by atoms with Gasteiger partial charge in [0.2, 0.25) is 0 Å². The fourth-order valence-electron chi connectivity index (χ4n) is 4.11.